The number of amides is 1. The molecule has 3 rings (SSSR count). The van der Waals surface area contributed by atoms with E-state index in [0.717, 1.165) is 11.6 Å². The van der Waals surface area contributed by atoms with Crippen LogP contribution < -0.4 is 16.6 Å². The second kappa shape index (κ2) is 9.08. The molecule has 2 aromatic heterocycles. The van der Waals surface area contributed by atoms with Gasteiger partial charge in [-0.15, -0.1) is 0 Å². The Hall–Kier alpha value is -3.89. The molecule has 1 aromatic carbocycles. The van der Waals surface area contributed by atoms with Crippen LogP contribution in [0.5, 0.6) is 0 Å². The molecule has 0 unspecified atom stereocenters. The SMILES string of the molecule is Cc1c(Cc2cc(CNC(=O)O)cc(C(F)(F)F)n2)c(=O)[nH]c(=O)n1Cc1ccccc1. The number of aromatic nitrogens is 3. The zero-order chi connectivity index (χ0) is 23.5. The lowest BCUT2D eigenvalue weighted by Gasteiger charge is -2.15. The molecule has 0 atom stereocenters. The van der Waals surface area contributed by atoms with Gasteiger partial charge in [-0.05, 0) is 30.2 Å². The topological polar surface area (TPSA) is 117 Å². The Bertz CT molecular complexity index is 1250. The Morgan fingerprint density at radius 2 is 1.84 bits per heavy atom. The van der Waals surface area contributed by atoms with Crippen molar-refractivity contribution in [1.82, 2.24) is 19.9 Å². The normalized spacial score (nSPS) is 11.4. The van der Waals surface area contributed by atoms with Gasteiger partial charge >= 0.3 is 18.0 Å². The smallest absolute Gasteiger partial charge is 0.433 e. The number of carboxylic acid groups (broad SMARTS) is 1. The molecule has 0 saturated heterocycles. The predicted molar refractivity (Wildman–Crippen MR) is 109 cm³/mol. The number of carbonyl (C=O) groups is 1. The molecule has 0 bridgehead atoms. The minimum atomic E-state index is -4.76. The van der Waals surface area contributed by atoms with Crippen molar-refractivity contribution >= 4 is 6.09 Å². The average Bonchev–Trinajstić information content (AvgIpc) is 2.72. The molecule has 11 heteroatoms. The van der Waals surface area contributed by atoms with Crippen LogP contribution >= 0.6 is 0 Å². The summed E-state index contributed by atoms with van der Waals surface area (Å²) in [5.41, 5.74) is -1.42. The molecule has 0 radical (unpaired) electrons. The van der Waals surface area contributed by atoms with Crippen LogP contribution in [0.25, 0.3) is 0 Å². The van der Waals surface area contributed by atoms with Crippen LogP contribution in [0, 0.1) is 6.92 Å². The lowest BCUT2D eigenvalue weighted by Crippen LogP contribution is -2.35. The van der Waals surface area contributed by atoms with E-state index in [0.29, 0.717) is 5.69 Å². The molecule has 168 valence electrons. The molecule has 0 spiro atoms. The van der Waals surface area contributed by atoms with Crippen LogP contribution in [-0.2, 0) is 25.7 Å². The number of hydrogen-bond acceptors (Lipinski definition) is 4. The van der Waals surface area contributed by atoms with Crippen molar-refractivity contribution in [2.75, 3.05) is 0 Å². The summed E-state index contributed by atoms with van der Waals surface area (Å²) in [4.78, 5) is 41.3. The largest absolute Gasteiger partial charge is 0.465 e. The summed E-state index contributed by atoms with van der Waals surface area (Å²) in [5.74, 6) is 0. The van der Waals surface area contributed by atoms with Crippen LogP contribution in [0.15, 0.2) is 52.1 Å². The number of rotatable bonds is 6. The Morgan fingerprint density at radius 3 is 2.47 bits per heavy atom. The van der Waals surface area contributed by atoms with Gasteiger partial charge in [0.25, 0.3) is 5.56 Å². The summed E-state index contributed by atoms with van der Waals surface area (Å²) in [6.07, 6.45) is -6.43. The highest BCUT2D eigenvalue weighted by Gasteiger charge is 2.33. The van der Waals surface area contributed by atoms with Crippen LogP contribution in [0.2, 0.25) is 0 Å². The van der Waals surface area contributed by atoms with E-state index < -0.39 is 29.2 Å². The van der Waals surface area contributed by atoms with Crippen molar-refractivity contribution in [1.29, 1.82) is 0 Å². The summed E-state index contributed by atoms with van der Waals surface area (Å²) in [5, 5.41) is 10.7. The highest BCUT2D eigenvalue weighted by Crippen LogP contribution is 2.29. The van der Waals surface area contributed by atoms with Crippen LogP contribution in [0.1, 0.15) is 33.8 Å². The molecular formula is C21H19F3N4O4. The fraction of sp³-hybridized carbons (Fsp3) is 0.238. The monoisotopic (exact) mass is 448 g/mol. The molecule has 0 saturated carbocycles. The van der Waals surface area contributed by atoms with Crippen molar-refractivity contribution in [3.63, 3.8) is 0 Å². The van der Waals surface area contributed by atoms with Gasteiger partial charge in [0.1, 0.15) is 5.69 Å². The van der Waals surface area contributed by atoms with Gasteiger partial charge in [0.15, 0.2) is 0 Å². The third-order valence-electron chi connectivity index (χ3n) is 4.80. The van der Waals surface area contributed by atoms with Gasteiger partial charge in [-0.1, -0.05) is 30.3 Å². The van der Waals surface area contributed by atoms with E-state index in [2.05, 4.69) is 9.97 Å². The molecule has 0 aliphatic heterocycles. The summed E-state index contributed by atoms with van der Waals surface area (Å²) in [7, 11) is 0. The lowest BCUT2D eigenvalue weighted by molar-refractivity contribution is -0.141. The van der Waals surface area contributed by atoms with E-state index in [9.17, 15) is 27.6 Å². The number of halogens is 3. The zero-order valence-electron chi connectivity index (χ0n) is 16.9. The minimum absolute atomic E-state index is 0.0383. The fourth-order valence-electron chi connectivity index (χ4n) is 3.23. The maximum Gasteiger partial charge on any atom is 0.433 e. The summed E-state index contributed by atoms with van der Waals surface area (Å²) in [6, 6.07) is 11.0. The first kappa shape index (κ1) is 22.8. The number of alkyl halides is 3. The summed E-state index contributed by atoms with van der Waals surface area (Å²) >= 11 is 0. The molecule has 0 aliphatic carbocycles. The molecule has 3 aromatic rings. The maximum atomic E-state index is 13.3. The van der Waals surface area contributed by atoms with Gasteiger partial charge in [-0.2, -0.15) is 13.2 Å². The van der Waals surface area contributed by atoms with Crippen molar-refractivity contribution in [2.24, 2.45) is 0 Å². The highest BCUT2D eigenvalue weighted by molar-refractivity contribution is 5.64. The number of nitrogens with zero attached hydrogens (tertiary/aromatic N) is 2. The maximum absolute atomic E-state index is 13.3. The Labute approximate surface area is 179 Å². The van der Waals surface area contributed by atoms with Gasteiger partial charge in [-0.25, -0.2) is 14.6 Å². The third-order valence-corrected chi connectivity index (χ3v) is 4.80. The molecule has 2 heterocycles. The van der Waals surface area contributed by atoms with E-state index in [4.69, 9.17) is 5.11 Å². The first-order valence-electron chi connectivity index (χ1n) is 9.45. The van der Waals surface area contributed by atoms with Crippen LogP contribution in [0.4, 0.5) is 18.0 Å². The van der Waals surface area contributed by atoms with Gasteiger partial charge in [-0.3, -0.25) is 14.3 Å². The van der Waals surface area contributed by atoms with Crippen LogP contribution in [-0.4, -0.2) is 25.7 Å². The fourth-order valence-corrected chi connectivity index (χ4v) is 3.23. The van der Waals surface area contributed by atoms with Crippen LogP contribution in [0.3, 0.4) is 0 Å². The van der Waals surface area contributed by atoms with E-state index >= 15 is 0 Å². The van der Waals surface area contributed by atoms with E-state index in [1.54, 1.807) is 24.3 Å². The average molecular weight is 448 g/mol. The van der Waals surface area contributed by atoms with E-state index in [-0.39, 0.29) is 36.3 Å². The zero-order valence-corrected chi connectivity index (χ0v) is 16.9. The summed E-state index contributed by atoms with van der Waals surface area (Å²) in [6.45, 7) is 1.34. The number of hydrogen-bond donors (Lipinski definition) is 3. The molecule has 0 fully saturated rings. The predicted octanol–water partition coefficient (Wildman–Crippen LogP) is 2.67. The molecule has 3 N–H and O–H groups in total. The Morgan fingerprint density at radius 1 is 1.16 bits per heavy atom. The summed E-state index contributed by atoms with van der Waals surface area (Å²) < 4.78 is 41.2. The van der Waals surface area contributed by atoms with Gasteiger partial charge in [0.2, 0.25) is 0 Å². The first-order chi connectivity index (χ1) is 15.0. The lowest BCUT2D eigenvalue weighted by atomic mass is 10.1. The van der Waals surface area contributed by atoms with Crippen molar-refractivity contribution in [3.8, 4) is 0 Å². The second-order valence-electron chi connectivity index (χ2n) is 7.08. The van der Waals surface area contributed by atoms with Crippen molar-refractivity contribution in [2.45, 2.75) is 32.6 Å². The number of nitrogens with one attached hydrogen (secondary N) is 2. The number of pyridine rings is 1. The Balaban J connectivity index is 2.03. The molecule has 32 heavy (non-hydrogen) atoms. The molecule has 8 nitrogen and oxygen atoms in total. The van der Waals surface area contributed by atoms with Crippen molar-refractivity contribution < 1.29 is 23.1 Å². The first-order valence-corrected chi connectivity index (χ1v) is 9.45. The minimum Gasteiger partial charge on any atom is -0.465 e. The number of benzene rings is 1. The number of aromatic amines is 1. The standard InChI is InChI=1S/C21H19F3N4O4/c1-12-16(18(29)27-19(30)28(12)11-13-5-3-2-4-6-13)9-15-7-14(10-25-20(31)32)8-17(26-15)21(22,23)24/h2-8,25H,9-11H2,1H3,(H,31,32)(H,27,29,30). The molecule has 0 aliphatic rings. The quantitative estimate of drug-likeness (QED) is 0.536. The van der Waals surface area contributed by atoms with Crippen molar-refractivity contribution in [3.05, 3.63) is 97.1 Å². The number of H-pyrrole nitrogens is 1. The van der Waals surface area contributed by atoms with E-state index in [1.165, 1.54) is 17.6 Å². The molecular weight excluding hydrogens is 429 g/mol. The molecule has 1 amide bonds. The van der Waals surface area contributed by atoms with Gasteiger partial charge in [0, 0.05) is 29.9 Å². The van der Waals surface area contributed by atoms with Gasteiger partial charge in [0.05, 0.1) is 6.54 Å². The third kappa shape index (κ3) is 5.42. The highest BCUT2D eigenvalue weighted by atomic mass is 19.4. The van der Waals surface area contributed by atoms with E-state index in [1.807, 2.05) is 11.4 Å². The van der Waals surface area contributed by atoms with Gasteiger partial charge < -0.3 is 10.4 Å². The Kier molecular flexibility index (Phi) is 6.47. The second-order valence-corrected chi connectivity index (χ2v) is 7.08.